The number of aromatic nitrogens is 1. The molecule has 1 aromatic heterocycles. The normalized spacial score (nSPS) is 10.6. The Labute approximate surface area is 165 Å². The molecule has 0 spiro atoms. The molecule has 2 aromatic rings. The van der Waals surface area contributed by atoms with Gasteiger partial charge in [-0.1, -0.05) is 18.2 Å². The summed E-state index contributed by atoms with van der Waals surface area (Å²) in [7, 11) is 1.62. The SMILES string of the molecule is CCNC(=NCc1cccc(C(=O)NC)c1)NCc1ccccn1.I. The van der Waals surface area contributed by atoms with Gasteiger partial charge in [-0.15, -0.1) is 24.0 Å². The zero-order valence-corrected chi connectivity index (χ0v) is 16.8. The standard InChI is InChI=1S/C18H23N5O.HI/c1-3-20-18(23-13-16-9-4-5-10-21-16)22-12-14-7-6-8-15(11-14)17(24)19-2;/h4-11H,3,12-13H2,1-2H3,(H,19,24)(H2,20,22,23);1H. The van der Waals surface area contributed by atoms with Gasteiger partial charge in [-0.3, -0.25) is 9.78 Å². The van der Waals surface area contributed by atoms with Crippen molar-refractivity contribution in [2.45, 2.75) is 20.0 Å². The van der Waals surface area contributed by atoms with Crippen molar-refractivity contribution in [2.24, 2.45) is 4.99 Å². The predicted octanol–water partition coefficient (Wildman–Crippen LogP) is 2.31. The molecule has 0 aliphatic heterocycles. The number of hydrogen-bond acceptors (Lipinski definition) is 3. The second-order valence-corrected chi connectivity index (χ2v) is 5.15. The number of nitrogens with one attached hydrogen (secondary N) is 3. The van der Waals surface area contributed by atoms with Gasteiger partial charge in [0, 0.05) is 25.4 Å². The summed E-state index contributed by atoms with van der Waals surface area (Å²) in [5.41, 5.74) is 2.56. The van der Waals surface area contributed by atoms with Crippen LogP contribution in [0.1, 0.15) is 28.5 Å². The number of rotatable bonds is 6. The van der Waals surface area contributed by atoms with E-state index >= 15 is 0 Å². The molecule has 0 unspecified atom stereocenters. The lowest BCUT2D eigenvalue weighted by Crippen LogP contribution is -2.37. The van der Waals surface area contributed by atoms with Crippen molar-refractivity contribution in [3.05, 3.63) is 65.5 Å². The largest absolute Gasteiger partial charge is 0.357 e. The van der Waals surface area contributed by atoms with Crippen LogP contribution in [-0.2, 0) is 13.1 Å². The van der Waals surface area contributed by atoms with Gasteiger partial charge in [-0.2, -0.15) is 0 Å². The molecule has 0 fully saturated rings. The van der Waals surface area contributed by atoms with Gasteiger partial charge in [0.05, 0.1) is 18.8 Å². The maximum atomic E-state index is 11.7. The molecule has 1 aromatic carbocycles. The van der Waals surface area contributed by atoms with Crippen LogP contribution >= 0.6 is 24.0 Å². The van der Waals surface area contributed by atoms with Crippen LogP contribution in [-0.4, -0.2) is 30.4 Å². The molecule has 6 nitrogen and oxygen atoms in total. The van der Waals surface area contributed by atoms with Gasteiger partial charge in [-0.25, -0.2) is 4.99 Å². The molecule has 0 saturated carbocycles. The number of carbonyl (C=O) groups is 1. The quantitative estimate of drug-likeness (QED) is 0.357. The number of nitrogens with zero attached hydrogens (tertiary/aromatic N) is 2. The average molecular weight is 453 g/mol. The second kappa shape index (κ2) is 11.4. The molecule has 0 bridgehead atoms. The summed E-state index contributed by atoms with van der Waals surface area (Å²) in [6, 6.07) is 13.3. The maximum Gasteiger partial charge on any atom is 0.251 e. The minimum atomic E-state index is -0.0963. The van der Waals surface area contributed by atoms with Gasteiger partial charge in [-0.05, 0) is 36.8 Å². The second-order valence-electron chi connectivity index (χ2n) is 5.15. The van der Waals surface area contributed by atoms with Gasteiger partial charge in [0.1, 0.15) is 0 Å². The molecule has 134 valence electrons. The third kappa shape index (κ3) is 7.08. The summed E-state index contributed by atoms with van der Waals surface area (Å²) in [5.74, 6) is 0.620. The van der Waals surface area contributed by atoms with Crippen molar-refractivity contribution in [2.75, 3.05) is 13.6 Å². The van der Waals surface area contributed by atoms with Gasteiger partial charge < -0.3 is 16.0 Å². The van der Waals surface area contributed by atoms with E-state index in [0.29, 0.717) is 24.6 Å². The van der Waals surface area contributed by atoms with Crippen LogP contribution in [0.2, 0.25) is 0 Å². The third-order valence-electron chi connectivity index (χ3n) is 3.34. The first-order valence-corrected chi connectivity index (χ1v) is 7.96. The third-order valence-corrected chi connectivity index (χ3v) is 3.34. The number of hydrogen-bond donors (Lipinski definition) is 3. The van der Waals surface area contributed by atoms with E-state index in [1.165, 1.54) is 0 Å². The number of pyridine rings is 1. The Morgan fingerprint density at radius 2 is 2.00 bits per heavy atom. The van der Waals surface area contributed by atoms with E-state index in [0.717, 1.165) is 17.8 Å². The molecule has 0 atom stereocenters. The zero-order valence-electron chi connectivity index (χ0n) is 14.5. The van der Waals surface area contributed by atoms with E-state index in [4.69, 9.17) is 0 Å². The first-order chi connectivity index (χ1) is 11.7. The van der Waals surface area contributed by atoms with Crippen LogP contribution in [0.5, 0.6) is 0 Å². The number of amides is 1. The smallest absolute Gasteiger partial charge is 0.251 e. The van der Waals surface area contributed by atoms with Crippen molar-refractivity contribution in [3.63, 3.8) is 0 Å². The number of carbonyl (C=O) groups excluding carboxylic acids is 1. The van der Waals surface area contributed by atoms with Crippen LogP contribution in [0.4, 0.5) is 0 Å². The Balaban J connectivity index is 0.00000312. The molecule has 3 N–H and O–H groups in total. The van der Waals surface area contributed by atoms with E-state index < -0.39 is 0 Å². The highest BCUT2D eigenvalue weighted by atomic mass is 127. The summed E-state index contributed by atoms with van der Waals surface area (Å²) in [6.07, 6.45) is 1.77. The summed E-state index contributed by atoms with van der Waals surface area (Å²) in [4.78, 5) is 20.5. The molecule has 2 rings (SSSR count). The fourth-order valence-electron chi connectivity index (χ4n) is 2.14. The summed E-state index contributed by atoms with van der Waals surface area (Å²) >= 11 is 0. The van der Waals surface area contributed by atoms with Gasteiger partial charge in [0.2, 0.25) is 0 Å². The van der Waals surface area contributed by atoms with Crippen LogP contribution in [0, 0.1) is 0 Å². The van der Waals surface area contributed by atoms with Gasteiger partial charge in [0.25, 0.3) is 5.91 Å². The maximum absolute atomic E-state index is 11.7. The molecule has 1 heterocycles. The minimum absolute atomic E-state index is 0. The average Bonchev–Trinajstić information content (AvgIpc) is 2.64. The van der Waals surface area contributed by atoms with E-state index in [9.17, 15) is 4.79 Å². The van der Waals surface area contributed by atoms with Crippen LogP contribution in [0.25, 0.3) is 0 Å². The van der Waals surface area contributed by atoms with Crippen LogP contribution in [0.3, 0.4) is 0 Å². The van der Waals surface area contributed by atoms with E-state index in [1.54, 1.807) is 19.3 Å². The van der Waals surface area contributed by atoms with E-state index in [-0.39, 0.29) is 29.9 Å². The Morgan fingerprint density at radius 1 is 1.16 bits per heavy atom. The van der Waals surface area contributed by atoms with Gasteiger partial charge >= 0.3 is 0 Å². The molecule has 1 amide bonds. The number of halogens is 1. The monoisotopic (exact) mass is 453 g/mol. The predicted molar refractivity (Wildman–Crippen MR) is 111 cm³/mol. The lowest BCUT2D eigenvalue weighted by molar-refractivity contribution is 0.0963. The molecule has 25 heavy (non-hydrogen) atoms. The van der Waals surface area contributed by atoms with Crippen molar-refractivity contribution in [1.29, 1.82) is 0 Å². The van der Waals surface area contributed by atoms with Crippen molar-refractivity contribution >= 4 is 35.8 Å². The number of aliphatic imine (C=N–C) groups is 1. The number of benzene rings is 1. The Hall–Kier alpha value is -2.16. The van der Waals surface area contributed by atoms with Crippen molar-refractivity contribution < 1.29 is 4.79 Å². The Bertz CT molecular complexity index is 691. The molecule has 0 saturated heterocycles. The molecule has 0 aliphatic rings. The van der Waals surface area contributed by atoms with E-state index in [2.05, 4.69) is 25.9 Å². The fourth-order valence-corrected chi connectivity index (χ4v) is 2.14. The first-order valence-electron chi connectivity index (χ1n) is 7.96. The summed E-state index contributed by atoms with van der Waals surface area (Å²) < 4.78 is 0. The van der Waals surface area contributed by atoms with E-state index in [1.807, 2.05) is 43.3 Å². The molecule has 7 heteroatoms. The molecule has 0 aliphatic carbocycles. The molecule has 0 radical (unpaired) electrons. The Morgan fingerprint density at radius 3 is 2.68 bits per heavy atom. The lowest BCUT2D eigenvalue weighted by atomic mass is 10.1. The molecular formula is C18H24IN5O. The highest BCUT2D eigenvalue weighted by Gasteiger charge is 2.04. The van der Waals surface area contributed by atoms with Crippen molar-refractivity contribution in [3.8, 4) is 0 Å². The first kappa shape index (κ1) is 20.9. The molecular weight excluding hydrogens is 429 g/mol. The Kier molecular flexibility index (Phi) is 9.53. The summed E-state index contributed by atoms with van der Waals surface area (Å²) in [5, 5.41) is 9.08. The zero-order chi connectivity index (χ0) is 17.2. The minimum Gasteiger partial charge on any atom is -0.357 e. The van der Waals surface area contributed by atoms with Crippen LogP contribution < -0.4 is 16.0 Å². The topological polar surface area (TPSA) is 78.4 Å². The number of guanidine groups is 1. The van der Waals surface area contributed by atoms with Gasteiger partial charge in [0.15, 0.2) is 5.96 Å². The summed E-state index contributed by atoms with van der Waals surface area (Å²) in [6.45, 7) is 3.88. The highest BCUT2D eigenvalue weighted by Crippen LogP contribution is 2.06. The lowest BCUT2D eigenvalue weighted by Gasteiger charge is -2.11. The van der Waals surface area contributed by atoms with Crippen molar-refractivity contribution in [1.82, 2.24) is 20.9 Å². The highest BCUT2D eigenvalue weighted by molar-refractivity contribution is 14.0. The van der Waals surface area contributed by atoms with Crippen LogP contribution in [0.15, 0.2) is 53.7 Å². The fraction of sp³-hybridized carbons (Fsp3) is 0.278.